The van der Waals surface area contributed by atoms with Crippen LogP contribution < -0.4 is 0 Å². The molecule has 110 valence electrons. The van der Waals surface area contributed by atoms with Gasteiger partial charge in [0, 0.05) is 7.11 Å². The van der Waals surface area contributed by atoms with E-state index < -0.39 is 11.6 Å². The number of hydrogen-bond acceptors (Lipinski definition) is 5. The molecule has 2 saturated carbocycles. The molecule has 0 aliphatic heterocycles. The Kier molecular flexibility index (Phi) is 3.28. The number of aromatic nitrogens is 2. The second kappa shape index (κ2) is 4.84. The molecule has 0 aromatic carbocycles. The van der Waals surface area contributed by atoms with Crippen molar-refractivity contribution in [2.45, 2.75) is 50.5 Å². The summed E-state index contributed by atoms with van der Waals surface area (Å²) in [4.78, 5) is 15.3. The molecule has 0 spiro atoms. The monoisotopic (exact) mass is 280 g/mol. The van der Waals surface area contributed by atoms with Crippen LogP contribution in [0.25, 0.3) is 0 Å². The Labute approximate surface area is 117 Å². The number of carboxylic acid groups (broad SMARTS) is 1. The molecule has 4 atom stereocenters. The molecule has 0 saturated heterocycles. The molecule has 0 bridgehead atoms. The molecule has 1 heterocycles. The number of aliphatic carboxylic acids is 1. The summed E-state index contributed by atoms with van der Waals surface area (Å²) in [5.41, 5.74) is -0.465. The van der Waals surface area contributed by atoms with Crippen molar-refractivity contribution in [1.29, 1.82) is 0 Å². The number of methoxy groups -OCH3 is 1. The van der Waals surface area contributed by atoms with Gasteiger partial charge in [-0.1, -0.05) is 18.5 Å². The smallest absolute Gasteiger partial charge is 0.307 e. The van der Waals surface area contributed by atoms with Crippen LogP contribution in [-0.4, -0.2) is 28.3 Å². The first-order valence-electron chi connectivity index (χ1n) is 7.18. The van der Waals surface area contributed by atoms with Crippen molar-refractivity contribution < 1.29 is 19.2 Å². The second-order valence-electron chi connectivity index (χ2n) is 6.14. The summed E-state index contributed by atoms with van der Waals surface area (Å²) < 4.78 is 11.0. The summed E-state index contributed by atoms with van der Waals surface area (Å²) in [5.74, 6) is 0.316. The lowest BCUT2D eigenvalue weighted by atomic mass is 9.78. The van der Waals surface area contributed by atoms with Gasteiger partial charge in [0.2, 0.25) is 11.7 Å². The summed E-state index contributed by atoms with van der Waals surface area (Å²) in [5, 5.41) is 13.0. The first kappa shape index (κ1) is 13.5. The number of ether oxygens (including phenoxy) is 1. The van der Waals surface area contributed by atoms with Gasteiger partial charge in [0.05, 0.1) is 11.8 Å². The Bertz CT molecular complexity index is 515. The van der Waals surface area contributed by atoms with Gasteiger partial charge in [-0.3, -0.25) is 4.79 Å². The fraction of sp³-hybridized carbons (Fsp3) is 0.786. The van der Waals surface area contributed by atoms with Crippen molar-refractivity contribution in [3.63, 3.8) is 0 Å². The normalized spacial score (nSPS) is 36.8. The molecule has 6 heteroatoms. The highest BCUT2D eigenvalue weighted by Crippen LogP contribution is 2.48. The predicted molar refractivity (Wildman–Crippen MR) is 69.1 cm³/mol. The van der Waals surface area contributed by atoms with Gasteiger partial charge < -0.3 is 14.4 Å². The SMILES string of the molecule is COC1(c2noc(C3CC3C(=O)O)n2)CCCC(C)C1. The van der Waals surface area contributed by atoms with E-state index in [0.29, 0.717) is 24.1 Å². The van der Waals surface area contributed by atoms with Crippen LogP contribution in [0, 0.1) is 11.8 Å². The Morgan fingerprint density at radius 3 is 2.95 bits per heavy atom. The average Bonchev–Trinajstić information content (AvgIpc) is 3.08. The lowest BCUT2D eigenvalue weighted by molar-refractivity contribution is -0.138. The highest BCUT2D eigenvalue weighted by atomic mass is 16.5. The van der Waals surface area contributed by atoms with Crippen LogP contribution in [0.5, 0.6) is 0 Å². The summed E-state index contributed by atoms with van der Waals surface area (Å²) in [6.07, 6.45) is 4.64. The number of carboxylic acids is 1. The van der Waals surface area contributed by atoms with Crippen LogP contribution in [0.4, 0.5) is 0 Å². The van der Waals surface area contributed by atoms with Gasteiger partial charge in [0.1, 0.15) is 5.60 Å². The minimum Gasteiger partial charge on any atom is -0.481 e. The topological polar surface area (TPSA) is 85.5 Å². The zero-order valence-corrected chi connectivity index (χ0v) is 11.8. The minimum absolute atomic E-state index is 0.122. The van der Waals surface area contributed by atoms with E-state index in [9.17, 15) is 4.79 Å². The lowest BCUT2D eigenvalue weighted by Gasteiger charge is -2.36. The van der Waals surface area contributed by atoms with Crippen LogP contribution in [0.15, 0.2) is 4.52 Å². The molecule has 2 aliphatic rings. The van der Waals surface area contributed by atoms with Crippen molar-refractivity contribution in [3.05, 3.63) is 11.7 Å². The van der Waals surface area contributed by atoms with Gasteiger partial charge in [-0.05, 0) is 31.6 Å². The van der Waals surface area contributed by atoms with E-state index in [1.807, 2.05) is 0 Å². The maximum Gasteiger partial charge on any atom is 0.307 e. The Morgan fingerprint density at radius 2 is 2.35 bits per heavy atom. The van der Waals surface area contributed by atoms with Crippen LogP contribution in [0.2, 0.25) is 0 Å². The van der Waals surface area contributed by atoms with Gasteiger partial charge in [-0.15, -0.1) is 0 Å². The molecule has 1 N–H and O–H groups in total. The number of carbonyl (C=O) groups is 1. The molecular weight excluding hydrogens is 260 g/mol. The highest BCUT2D eigenvalue weighted by Gasteiger charge is 2.49. The Morgan fingerprint density at radius 1 is 1.55 bits per heavy atom. The van der Waals surface area contributed by atoms with E-state index in [1.54, 1.807) is 7.11 Å². The van der Waals surface area contributed by atoms with Crippen molar-refractivity contribution >= 4 is 5.97 Å². The summed E-state index contributed by atoms with van der Waals surface area (Å²) in [6.45, 7) is 2.20. The molecule has 2 aliphatic carbocycles. The van der Waals surface area contributed by atoms with Gasteiger partial charge in [0.15, 0.2) is 0 Å². The molecule has 6 nitrogen and oxygen atoms in total. The third kappa shape index (κ3) is 2.22. The molecule has 3 rings (SSSR count). The number of nitrogens with zero attached hydrogens (tertiary/aromatic N) is 2. The van der Waals surface area contributed by atoms with E-state index in [0.717, 1.165) is 19.3 Å². The molecule has 1 aromatic heterocycles. The standard InChI is InChI=1S/C14H20N2O4/c1-8-4-3-5-14(7-8,19-2)13-15-11(20-16-13)9-6-10(9)12(17)18/h8-10H,3-7H2,1-2H3,(H,17,18). The highest BCUT2D eigenvalue weighted by molar-refractivity contribution is 5.74. The fourth-order valence-electron chi connectivity index (χ4n) is 3.29. The maximum absolute atomic E-state index is 10.9. The fourth-order valence-corrected chi connectivity index (χ4v) is 3.29. The van der Waals surface area contributed by atoms with E-state index in [1.165, 1.54) is 6.42 Å². The zero-order valence-electron chi connectivity index (χ0n) is 11.8. The first-order valence-corrected chi connectivity index (χ1v) is 7.18. The zero-order chi connectivity index (χ0) is 14.3. The van der Waals surface area contributed by atoms with Crippen molar-refractivity contribution in [2.24, 2.45) is 11.8 Å². The minimum atomic E-state index is -0.789. The quantitative estimate of drug-likeness (QED) is 0.910. The summed E-state index contributed by atoms with van der Waals surface area (Å²) in [7, 11) is 1.69. The van der Waals surface area contributed by atoms with Crippen LogP contribution in [0.3, 0.4) is 0 Å². The van der Waals surface area contributed by atoms with Crippen molar-refractivity contribution in [1.82, 2.24) is 10.1 Å². The predicted octanol–water partition coefficient (Wildman–Crippen LogP) is 2.31. The van der Waals surface area contributed by atoms with E-state index in [-0.39, 0.29) is 11.8 Å². The van der Waals surface area contributed by atoms with E-state index in [4.69, 9.17) is 14.4 Å². The molecule has 20 heavy (non-hydrogen) atoms. The first-order chi connectivity index (χ1) is 9.55. The van der Waals surface area contributed by atoms with Crippen molar-refractivity contribution in [3.8, 4) is 0 Å². The Balaban J connectivity index is 1.80. The van der Waals surface area contributed by atoms with Gasteiger partial charge in [0.25, 0.3) is 0 Å². The van der Waals surface area contributed by atoms with Gasteiger partial charge in [-0.2, -0.15) is 4.98 Å². The molecule has 1 aromatic rings. The molecule has 0 amide bonds. The summed E-state index contributed by atoms with van der Waals surface area (Å²) >= 11 is 0. The third-order valence-electron chi connectivity index (χ3n) is 4.62. The molecular formula is C14H20N2O4. The van der Waals surface area contributed by atoms with E-state index in [2.05, 4.69) is 17.1 Å². The van der Waals surface area contributed by atoms with Gasteiger partial charge >= 0.3 is 5.97 Å². The maximum atomic E-state index is 10.9. The number of hydrogen-bond donors (Lipinski definition) is 1. The Hall–Kier alpha value is -1.43. The third-order valence-corrected chi connectivity index (χ3v) is 4.62. The van der Waals surface area contributed by atoms with Crippen LogP contribution in [0.1, 0.15) is 56.7 Å². The molecule has 2 fully saturated rings. The van der Waals surface area contributed by atoms with E-state index >= 15 is 0 Å². The average molecular weight is 280 g/mol. The van der Waals surface area contributed by atoms with Gasteiger partial charge in [-0.25, -0.2) is 0 Å². The molecule has 4 unspecified atom stereocenters. The lowest BCUT2D eigenvalue weighted by Crippen LogP contribution is -2.35. The largest absolute Gasteiger partial charge is 0.481 e. The molecule has 0 radical (unpaired) electrons. The van der Waals surface area contributed by atoms with Crippen molar-refractivity contribution in [2.75, 3.05) is 7.11 Å². The summed E-state index contributed by atoms with van der Waals surface area (Å²) in [6, 6.07) is 0. The van der Waals surface area contributed by atoms with Crippen LogP contribution >= 0.6 is 0 Å². The number of rotatable bonds is 4. The van der Waals surface area contributed by atoms with Crippen LogP contribution in [-0.2, 0) is 15.1 Å². The second-order valence-corrected chi connectivity index (χ2v) is 6.14.